The average Bonchev–Trinajstić information content (AvgIpc) is 3.58. The first-order valence-electron chi connectivity index (χ1n) is 12.2. The third-order valence-electron chi connectivity index (χ3n) is 6.31. The highest BCUT2D eigenvalue weighted by Crippen LogP contribution is 2.43. The molecule has 1 fully saturated rings. The van der Waals surface area contributed by atoms with E-state index in [0.29, 0.717) is 27.9 Å². The van der Waals surface area contributed by atoms with E-state index in [2.05, 4.69) is 15.6 Å². The van der Waals surface area contributed by atoms with Gasteiger partial charge in [-0.3, -0.25) is 9.78 Å². The molecule has 1 aliphatic heterocycles. The van der Waals surface area contributed by atoms with Crippen molar-refractivity contribution in [3.63, 3.8) is 0 Å². The van der Waals surface area contributed by atoms with E-state index in [1.165, 1.54) is 14.2 Å². The van der Waals surface area contributed by atoms with Crippen molar-refractivity contribution in [1.29, 1.82) is 0 Å². The minimum atomic E-state index is -0.398. The summed E-state index contributed by atoms with van der Waals surface area (Å²) in [6.07, 6.45) is 1.74. The second-order valence-electron chi connectivity index (χ2n) is 8.80. The number of amides is 1. The summed E-state index contributed by atoms with van der Waals surface area (Å²) in [5.74, 6) is 0.697. The number of hydrogen-bond donors (Lipinski definition) is 2. The van der Waals surface area contributed by atoms with Crippen molar-refractivity contribution in [2.24, 2.45) is 0 Å². The summed E-state index contributed by atoms with van der Waals surface area (Å²) >= 11 is 5.78. The van der Waals surface area contributed by atoms with Crippen molar-refractivity contribution in [1.82, 2.24) is 10.3 Å². The fourth-order valence-corrected chi connectivity index (χ4v) is 4.86. The standard InChI is InChI=1S/C29H26N4O5S/c1-36-17-25(34)31-20-10-12-21(13-11-20)33-27(26(32-29(33)39)22-5-3-4-16-30-22)24-15-14-23(38-24)18-6-8-19(9-7-18)28(35)37-2/h3-16,26-27H,17H2,1-2H3,(H,31,34)(H,32,39)/t26-,27+/m1/s1. The lowest BCUT2D eigenvalue weighted by Gasteiger charge is -2.26. The summed E-state index contributed by atoms with van der Waals surface area (Å²) in [5, 5.41) is 6.72. The molecule has 1 amide bonds. The van der Waals surface area contributed by atoms with Crippen molar-refractivity contribution in [2.75, 3.05) is 31.0 Å². The number of ether oxygens (including phenoxy) is 2. The summed E-state index contributed by atoms with van der Waals surface area (Å²) < 4.78 is 16.1. The summed E-state index contributed by atoms with van der Waals surface area (Å²) in [6.45, 7) is -0.0258. The Kier molecular flexibility index (Phi) is 7.67. The molecule has 3 heterocycles. The Hall–Kier alpha value is -4.54. The molecule has 1 saturated heterocycles. The molecule has 2 aromatic heterocycles. The van der Waals surface area contributed by atoms with Crippen molar-refractivity contribution >= 4 is 40.6 Å². The van der Waals surface area contributed by atoms with Crippen LogP contribution in [0.15, 0.2) is 89.5 Å². The molecule has 1 aliphatic rings. The van der Waals surface area contributed by atoms with Gasteiger partial charge in [0.05, 0.1) is 24.4 Å². The SMILES string of the molecule is COCC(=O)Nc1ccc(N2C(=S)N[C@H](c3ccccn3)[C@@H]2c2ccc(-c3ccc(C(=O)OC)cc3)o2)cc1. The maximum Gasteiger partial charge on any atom is 0.337 e. The predicted molar refractivity (Wildman–Crippen MR) is 150 cm³/mol. The van der Waals surface area contributed by atoms with E-state index < -0.39 is 5.97 Å². The average molecular weight is 543 g/mol. The van der Waals surface area contributed by atoms with Gasteiger partial charge >= 0.3 is 5.97 Å². The number of rotatable bonds is 8. The third-order valence-corrected chi connectivity index (χ3v) is 6.63. The maximum atomic E-state index is 11.9. The summed E-state index contributed by atoms with van der Waals surface area (Å²) in [6, 6.07) is 23.4. The fraction of sp³-hybridized carbons (Fsp3) is 0.172. The minimum Gasteiger partial charge on any atom is -0.465 e. The van der Waals surface area contributed by atoms with E-state index in [1.807, 2.05) is 71.6 Å². The largest absolute Gasteiger partial charge is 0.465 e. The third kappa shape index (κ3) is 5.52. The number of aromatic nitrogens is 1. The van der Waals surface area contributed by atoms with E-state index in [4.69, 9.17) is 26.1 Å². The van der Waals surface area contributed by atoms with Gasteiger partial charge in [-0.1, -0.05) is 18.2 Å². The van der Waals surface area contributed by atoms with Crippen LogP contribution in [0, 0.1) is 0 Å². The lowest BCUT2D eigenvalue weighted by molar-refractivity contribution is -0.119. The Balaban J connectivity index is 1.48. The Labute approximate surface area is 230 Å². The monoisotopic (exact) mass is 542 g/mol. The number of hydrogen-bond acceptors (Lipinski definition) is 7. The zero-order chi connectivity index (χ0) is 27.4. The number of carbonyl (C=O) groups excluding carboxylic acids is 2. The van der Waals surface area contributed by atoms with Crippen LogP contribution in [-0.2, 0) is 14.3 Å². The molecule has 5 rings (SSSR count). The van der Waals surface area contributed by atoms with Crippen molar-refractivity contribution in [2.45, 2.75) is 12.1 Å². The van der Waals surface area contributed by atoms with Crippen LogP contribution in [0.1, 0.15) is 33.9 Å². The molecule has 0 unspecified atom stereocenters. The predicted octanol–water partition coefficient (Wildman–Crippen LogP) is 4.89. The van der Waals surface area contributed by atoms with Gasteiger partial charge in [-0.2, -0.15) is 0 Å². The van der Waals surface area contributed by atoms with Gasteiger partial charge in [0, 0.05) is 30.2 Å². The van der Waals surface area contributed by atoms with Gasteiger partial charge in [0.1, 0.15) is 24.2 Å². The van der Waals surface area contributed by atoms with Crippen molar-refractivity contribution in [3.05, 3.63) is 102 Å². The first kappa shape index (κ1) is 26.1. The molecule has 2 atom stereocenters. The normalized spacial score (nSPS) is 16.6. The summed E-state index contributed by atoms with van der Waals surface area (Å²) in [5.41, 5.74) is 3.56. The van der Waals surface area contributed by atoms with E-state index in [1.54, 1.807) is 18.3 Å². The van der Waals surface area contributed by atoms with Gasteiger partial charge in [0.15, 0.2) is 5.11 Å². The summed E-state index contributed by atoms with van der Waals surface area (Å²) in [4.78, 5) is 30.3. The molecule has 0 saturated carbocycles. The minimum absolute atomic E-state index is 0.0258. The lowest BCUT2D eigenvalue weighted by atomic mass is 10.0. The highest BCUT2D eigenvalue weighted by molar-refractivity contribution is 7.80. The van der Waals surface area contributed by atoms with Gasteiger partial charge in [-0.05, 0) is 72.9 Å². The number of esters is 1. The van der Waals surface area contributed by atoms with Crippen molar-refractivity contribution < 1.29 is 23.5 Å². The molecule has 198 valence electrons. The van der Waals surface area contributed by atoms with Crippen LogP contribution in [0.3, 0.4) is 0 Å². The van der Waals surface area contributed by atoms with Crippen LogP contribution in [0.2, 0.25) is 0 Å². The van der Waals surface area contributed by atoms with E-state index >= 15 is 0 Å². The van der Waals surface area contributed by atoms with Crippen LogP contribution in [0.4, 0.5) is 11.4 Å². The maximum absolute atomic E-state index is 11.9. The molecular weight excluding hydrogens is 516 g/mol. The van der Waals surface area contributed by atoms with Crippen molar-refractivity contribution in [3.8, 4) is 11.3 Å². The molecule has 0 bridgehead atoms. The first-order chi connectivity index (χ1) is 19.0. The van der Waals surface area contributed by atoms with E-state index in [9.17, 15) is 9.59 Å². The van der Waals surface area contributed by atoms with Crippen LogP contribution in [-0.4, -0.2) is 42.8 Å². The Bertz CT molecular complexity index is 1470. The molecule has 2 aromatic carbocycles. The number of anilines is 2. The molecule has 0 radical (unpaired) electrons. The molecule has 2 N–H and O–H groups in total. The van der Waals surface area contributed by atoms with E-state index in [0.717, 1.165) is 16.9 Å². The number of nitrogens with zero attached hydrogens (tertiary/aromatic N) is 2. The number of thiocarbonyl (C=S) groups is 1. The molecule has 0 spiro atoms. The smallest absolute Gasteiger partial charge is 0.337 e. The second kappa shape index (κ2) is 11.5. The molecular formula is C29H26N4O5S. The number of carbonyl (C=O) groups is 2. The zero-order valence-corrected chi connectivity index (χ0v) is 22.1. The molecule has 39 heavy (non-hydrogen) atoms. The Morgan fingerprint density at radius 3 is 2.46 bits per heavy atom. The second-order valence-corrected chi connectivity index (χ2v) is 9.18. The highest BCUT2D eigenvalue weighted by Gasteiger charge is 2.42. The number of methoxy groups -OCH3 is 2. The number of pyridine rings is 1. The van der Waals surface area contributed by atoms with Crippen LogP contribution >= 0.6 is 12.2 Å². The molecule has 9 nitrogen and oxygen atoms in total. The van der Waals surface area contributed by atoms with Gasteiger partial charge < -0.3 is 29.4 Å². The fourth-order valence-electron chi connectivity index (χ4n) is 4.51. The molecule has 4 aromatic rings. The van der Waals surface area contributed by atoms with Crippen LogP contribution < -0.4 is 15.5 Å². The van der Waals surface area contributed by atoms with E-state index in [-0.39, 0.29) is 24.6 Å². The van der Waals surface area contributed by atoms with Crippen LogP contribution in [0.5, 0.6) is 0 Å². The lowest BCUT2D eigenvalue weighted by Crippen LogP contribution is -2.29. The van der Waals surface area contributed by atoms with Gasteiger partial charge in [0.25, 0.3) is 0 Å². The summed E-state index contributed by atoms with van der Waals surface area (Å²) in [7, 11) is 2.82. The van der Waals surface area contributed by atoms with Gasteiger partial charge in [0.2, 0.25) is 5.91 Å². The number of nitrogens with one attached hydrogen (secondary N) is 2. The Morgan fingerprint density at radius 2 is 1.79 bits per heavy atom. The van der Waals surface area contributed by atoms with Gasteiger partial charge in [-0.25, -0.2) is 4.79 Å². The topological polar surface area (TPSA) is 106 Å². The zero-order valence-electron chi connectivity index (χ0n) is 21.3. The molecule has 0 aliphatic carbocycles. The highest BCUT2D eigenvalue weighted by atomic mass is 32.1. The first-order valence-corrected chi connectivity index (χ1v) is 12.6. The van der Waals surface area contributed by atoms with Crippen LogP contribution in [0.25, 0.3) is 11.3 Å². The Morgan fingerprint density at radius 1 is 1.03 bits per heavy atom. The number of benzene rings is 2. The van der Waals surface area contributed by atoms with Gasteiger partial charge in [-0.15, -0.1) is 0 Å². The quantitative estimate of drug-likeness (QED) is 0.238. The number of furan rings is 1. The molecule has 10 heteroatoms.